The number of hydrogen-bond donors (Lipinski definition) is 2. The summed E-state index contributed by atoms with van der Waals surface area (Å²) in [4.78, 5) is 10.4. The highest BCUT2D eigenvalue weighted by molar-refractivity contribution is 5.73. The molecule has 1 rings (SSSR count). The number of hydrogen-bond acceptors (Lipinski definition) is 2. The Morgan fingerprint density at radius 3 is 2.71 bits per heavy atom. The number of halogens is 2. The fraction of sp³-hybridized carbons (Fsp3) is 0.222. The quantitative estimate of drug-likeness (QED) is 0.764. The Bertz CT molecular complexity index is 355. The van der Waals surface area contributed by atoms with Gasteiger partial charge in [0.05, 0.1) is 0 Å². The topological polar surface area (TPSA) is 63.3 Å². The van der Waals surface area contributed by atoms with E-state index in [4.69, 9.17) is 10.8 Å². The normalized spacial score (nSPS) is 12.5. The number of rotatable bonds is 3. The SMILES string of the molecule is NC(Cc1cccc(F)c1F)C(=O)O. The van der Waals surface area contributed by atoms with Gasteiger partial charge in [-0.2, -0.15) is 0 Å². The van der Waals surface area contributed by atoms with Gasteiger partial charge in [0.1, 0.15) is 6.04 Å². The van der Waals surface area contributed by atoms with Gasteiger partial charge >= 0.3 is 5.97 Å². The van der Waals surface area contributed by atoms with E-state index in [-0.39, 0.29) is 12.0 Å². The average Bonchev–Trinajstić information content (AvgIpc) is 2.12. The van der Waals surface area contributed by atoms with Crippen LogP contribution >= 0.6 is 0 Å². The van der Waals surface area contributed by atoms with Crippen LogP contribution < -0.4 is 5.73 Å². The summed E-state index contributed by atoms with van der Waals surface area (Å²) in [5.74, 6) is -3.28. The van der Waals surface area contributed by atoms with Crippen molar-refractivity contribution in [2.75, 3.05) is 0 Å². The minimum absolute atomic E-state index is 0.0279. The molecule has 0 aliphatic heterocycles. The minimum atomic E-state index is -1.24. The van der Waals surface area contributed by atoms with Gasteiger partial charge in [0.25, 0.3) is 0 Å². The fourth-order valence-electron chi connectivity index (χ4n) is 1.03. The van der Waals surface area contributed by atoms with Gasteiger partial charge in [-0.05, 0) is 11.6 Å². The second-order valence-corrected chi connectivity index (χ2v) is 2.86. The Morgan fingerprint density at radius 2 is 2.14 bits per heavy atom. The summed E-state index contributed by atoms with van der Waals surface area (Å²) in [5.41, 5.74) is 5.15. The molecule has 1 aromatic carbocycles. The van der Waals surface area contributed by atoms with Crippen molar-refractivity contribution in [2.24, 2.45) is 5.73 Å². The van der Waals surface area contributed by atoms with Crippen LogP contribution in [-0.2, 0) is 11.2 Å². The maximum atomic E-state index is 13.0. The van der Waals surface area contributed by atoms with Crippen molar-refractivity contribution in [1.29, 1.82) is 0 Å². The molecule has 0 heterocycles. The monoisotopic (exact) mass is 201 g/mol. The van der Waals surface area contributed by atoms with E-state index in [9.17, 15) is 13.6 Å². The molecule has 3 N–H and O–H groups in total. The van der Waals surface area contributed by atoms with Gasteiger partial charge in [0.15, 0.2) is 11.6 Å². The summed E-state index contributed by atoms with van der Waals surface area (Å²) in [7, 11) is 0. The fourth-order valence-corrected chi connectivity index (χ4v) is 1.03. The molecule has 1 unspecified atom stereocenters. The van der Waals surface area contributed by atoms with E-state index in [0.29, 0.717) is 0 Å². The Kier molecular flexibility index (Phi) is 3.14. The van der Waals surface area contributed by atoms with Gasteiger partial charge in [-0.3, -0.25) is 4.79 Å². The van der Waals surface area contributed by atoms with Crippen LogP contribution in [0.4, 0.5) is 8.78 Å². The van der Waals surface area contributed by atoms with Gasteiger partial charge in [-0.1, -0.05) is 12.1 Å². The van der Waals surface area contributed by atoms with Crippen LogP contribution in [0.5, 0.6) is 0 Å². The summed E-state index contributed by atoms with van der Waals surface area (Å²) in [6, 6.07) is 2.36. The van der Waals surface area contributed by atoms with E-state index in [1.165, 1.54) is 12.1 Å². The third-order valence-corrected chi connectivity index (χ3v) is 1.79. The number of carboxylic acids is 1. The van der Waals surface area contributed by atoms with Crippen molar-refractivity contribution in [3.63, 3.8) is 0 Å². The van der Waals surface area contributed by atoms with Crippen LogP contribution in [0.1, 0.15) is 5.56 Å². The van der Waals surface area contributed by atoms with Crippen molar-refractivity contribution < 1.29 is 18.7 Å². The van der Waals surface area contributed by atoms with Crippen LogP contribution in [0, 0.1) is 11.6 Å². The van der Waals surface area contributed by atoms with Crippen molar-refractivity contribution in [3.8, 4) is 0 Å². The first-order chi connectivity index (χ1) is 6.52. The zero-order chi connectivity index (χ0) is 10.7. The number of aliphatic carboxylic acids is 1. The molecule has 0 bridgehead atoms. The highest BCUT2D eigenvalue weighted by Gasteiger charge is 2.16. The van der Waals surface area contributed by atoms with E-state index in [2.05, 4.69) is 0 Å². The lowest BCUT2D eigenvalue weighted by Crippen LogP contribution is -2.32. The van der Waals surface area contributed by atoms with Gasteiger partial charge in [0, 0.05) is 6.42 Å². The van der Waals surface area contributed by atoms with E-state index < -0.39 is 23.6 Å². The van der Waals surface area contributed by atoms with Crippen LogP contribution in [-0.4, -0.2) is 17.1 Å². The second-order valence-electron chi connectivity index (χ2n) is 2.86. The molecule has 3 nitrogen and oxygen atoms in total. The van der Waals surface area contributed by atoms with E-state index in [1.54, 1.807) is 0 Å². The molecule has 1 atom stereocenters. The molecule has 0 aliphatic carbocycles. The van der Waals surface area contributed by atoms with Gasteiger partial charge < -0.3 is 10.8 Å². The Hall–Kier alpha value is -1.49. The Morgan fingerprint density at radius 1 is 1.50 bits per heavy atom. The summed E-state index contributed by atoms with van der Waals surface area (Å²) in [6.07, 6.45) is -0.223. The molecular weight excluding hydrogens is 192 g/mol. The largest absolute Gasteiger partial charge is 0.480 e. The maximum absolute atomic E-state index is 13.0. The average molecular weight is 201 g/mol. The summed E-state index contributed by atoms with van der Waals surface area (Å²) >= 11 is 0. The van der Waals surface area contributed by atoms with Crippen molar-refractivity contribution in [1.82, 2.24) is 0 Å². The molecule has 0 fully saturated rings. The summed E-state index contributed by atoms with van der Waals surface area (Å²) in [5, 5.41) is 8.46. The predicted octanol–water partition coefficient (Wildman–Crippen LogP) is 0.919. The van der Waals surface area contributed by atoms with Crippen LogP contribution in [0.15, 0.2) is 18.2 Å². The molecule has 0 radical (unpaired) electrons. The number of benzene rings is 1. The van der Waals surface area contributed by atoms with Crippen molar-refractivity contribution >= 4 is 5.97 Å². The van der Waals surface area contributed by atoms with Crippen LogP contribution in [0.2, 0.25) is 0 Å². The zero-order valence-corrected chi connectivity index (χ0v) is 7.21. The predicted molar refractivity (Wildman–Crippen MR) is 45.7 cm³/mol. The van der Waals surface area contributed by atoms with Gasteiger partial charge in [0.2, 0.25) is 0 Å². The Labute approximate surface area is 79.2 Å². The molecule has 76 valence electrons. The van der Waals surface area contributed by atoms with E-state index in [1.807, 2.05) is 0 Å². The molecule has 1 aromatic rings. The highest BCUT2D eigenvalue weighted by atomic mass is 19.2. The third kappa shape index (κ3) is 2.26. The maximum Gasteiger partial charge on any atom is 0.320 e. The van der Waals surface area contributed by atoms with Gasteiger partial charge in [-0.25, -0.2) is 8.78 Å². The lowest BCUT2D eigenvalue weighted by Gasteiger charge is -2.07. The molecular formula is C9H9F2NO2. The van der Waals surface area contributed by atoms with E-state index in [0.717, 1.165) is 6.07 Å². The number of carbonyl (C=O) groups is 1. The first-order valence-electron chi connectivity index (χ1n) is 3.93. The molecule has 0 saturated carbocycles. The molecule has 0 aliphatic rings. The highest BCUT2D eigenvalue weighted by Crippen LogP contribution is 2.12. The number of carboxylic acid groups (broad SMARTS) is 1. The van der Waals surface area contributed by atoms with Gasteiger partial charge in [-0.15, -0.1) is 0 Å². The molecule has 0 spiro atoms. The lowest BCUT2D eigenvalue weighted by molar-refractivity contribution is -0.138. The lowest BCUT2D eigenvalue weighted by atomic mass is 10.1. The number of nitrogens with two attached hydrogens (primary N) is 1. The van der Waals surface area contributed by atoms with Crippen LogP contribution in [0.3, 0.4) is 0 Å². The zero-order valence-electron chi connectivity index (χ0n) is 7.21. The smallest absolute Gasteiger partial charge is 0.320 e. The molecule has 0 amide bonds. The third-order valence-electron chi connectivity index (χ3n) is 1.79. The summed E-state index contributed by atoms with van der Waals surface area (Å²) < 4.78 is 25.7. The Balaban J connectivity index is 2.87. The standard InChI is InChI=1S/C9H9F2NO2/c10-6-3-1-2-5(8(6)11)4-7(12)9(13)14/h1-3,7H,4,12H2,(H,13,14). The van der Waals surface area contributed by atoms with E-state index >= 15 is 0 Å². The molecule has 0 saturated heterocycles. The van der Waals surface area contributed by atoms with Crippen molar-refractivity contribution in [2.45, 2.75) is 12.5 Å². The molecule has 14 heavy (non-hydrogen) atoms. The van der Waals surface area contributed by atoms with Crippen molar-refractivity contribution in [3.05, 3.63) is 35.4 Å². The molecule has 0 aromatic heterocycles. The summed E-state index contributed by atoms with van der Waals surface area (Å²) in [6.45, 7) is 0. The first-order valence-corrected chi connectivity index (χ1v) is 3.93. The van der Waals surface area contributed by atoms with Crippen LogP contribution in [0.25, 0.3) is 0 Å². The second kappa shape index (κ2) is 4.15. The first kappa shape index (κ1) is 10.6. The minimum Gasteiger partial charge on any atom is -0.480 e. The molecule has 5 heteroatoms.